The summed E-state index contributed by atoms with van der Waals surface area (Å²) in [7, 11) is 0. The number of carbonyl (C=O) groups excluding carboxylic acids is 1. The number of aromatic nitrogens is 2. The molecule has 6 heteroatoms. The minimum absolute atomic E-state index is 0.00230. The summed E-state index contributed by atoms with van der Waals surface area (Å²) in [4.78, 5) is 23.9. The third kappa shape index (κ3) is 4.30. The van der Waals surface area contributed by atoms with E-state index in [1.165, 1.54) is 11.3 Å². The minimum Gasteiger partial charge on any atom is -0.385 e. The lowest BCUT2D eigenvalue weighted by molar-refractivity contribution is -0.0458. The molecule has 0 aliphatic carbocycles. The molecule has 1 aromatic carbocycles. The molecule has 30 heavy (non-hydrogen) atoms. The van der Waals surface area contributed by atoms with E-state index in [-0.39, 0.29) is 11.9 Å². The van der Waals surface area contributed by atoms with Gasteiger partial charge in [0.05, 0.1) is 5.60 Å². The number of hydrogen-bond donors (Lipinski definition) is 1. The van der Waals surface area contributed by atoms with Crippen molar-refractivity contribution in [1.29, 1.82) is 0 Å². The van der Waals surface area contributed by atoms with Crippen LogP contribution >= 0.6 is 11.3 Å². The second-order valence-corrected chi connectivity index (χ2v) is 8.78. The molecular weight excluding hydrogens is 394 g/mol. The lowest BCUT2D eigenvalue weighted by Crippen LogP contribution is -2.51. The summed E-state index contributed by atoms with van der Waals surface area (Å²) in [6, 6.07) is 13.6. The summed E-state index contributed by atoms with van der Waals surface area (Å²) in [6.07, 6.45) is 7.53. The lowest BCUT2D eigenvalue weighted by Gasteiger charge is -2.44. The molecular formula is C24H27N3O2S. The van der Waals surface area contributed by atoms with Crippen LogP contribution < -0.4 is 0 Å². The van der Waals surface area contributed by atoms with Crippen LogP contribution in [0.5, 0.6) is 0 Å². The Morgan fingerprint density at radius 1 is 1.23 bits per heavy atom. The number of unbranched alkanes of at least 4 members (excludes halogenated alkanes) is 1. The summed E-state index contributed by atoms with van der Waals surface area (Å²) in [5.41, 5.74) is 1.50. The van der Waals surface area contributed by atoms with Crippen molar-refractivity contribution in [3.8, 4) is 10.6 Å². The Kier molecular flexibility index (Phi) is 6.25. The molecule has 1 amide bonds. The number of pyridine rings is 1. The number of nitrogens with zero attached hydrogens (tertiary/aromatic N) is 3. The molecule has 1 aliphatic rings. The largest absolute Gasteiger partial charge is 0.385 e. The molecule has 1 saturated heterocycles. The quantitative estimate of drug-likeness (QED) is 0.615. The number of benzene rings is 1. The van der Waals surface area contributed by atoms with Crippen molar-refractivity contribution in [2.24, 2.45) is 0 Å². The highest BCUT2D eigenvalue weighted by atomic mass is 32.1. The average Bonchev–Trinajstić information content (AvgIpc) is 3.29. The number of likely N-dealkylation sites (tertiary alicyclic amines) is 1. The maximum Gasteiger partial charge on any atom is 0.273 e. The normalized spacial score (nSPS) is 21.5. The third-order valence-electron chi connectivity index (χ3n) is 5.89. The molecule has 4 rings (SSSR count). The van der Waals surface area contributed by atoms with Gasteiger partial charge in [0.1, 0.15) is 10.7 Å². The first-order valence-corrected chi connectivity index (χ1v) is 11.4. The summed E-state index contributed by atoms with van der Waals surface area (Å²) in [6.45, 7) is 2.68. The van der Waals surface area contributed by atoms with E-state index in [2.05, 4.69) is 16.9 Å². The first-order valence-electron chi connectivity index (χ1n) is 10.6. The van der Waals surface area contributed by atoms with E-state index in [0.29, 0.717) is 25.1 Å². The fourth-order valence-corrected chi connectivity index (χ4v) is 5.01. The van der Waals surface area contributed by atoms with Crippen LogP contribution in [0, 0.1) is 0 Å². The van der Waals surface area contributed by atoms with Crippen LogP contribution in [0.1, 0.15) is 55.1 Å². The summed E-state index contributed by atoms with van der Waals surface area (Å²) < 4.78 is 0. The van der Waals surface area contributed by atoms with Crippen molar-refractivity contribution in [2.75, 3.05) is 6.54 Å². The molecule has 2 unspecified atom stereocenters. The molecule has 2 atom stereocenters. The number of aliphatic hydroxyl groups is 1. The molecule has 1 N–H and O–H groups in total. The zero-order valence-corrected chi connectivity index (χ0v) is 18.0. The van der Waals surface area contributed by atoms with Crippen LogP contribution in [0.3, 0.4) is 0 Å². The second-order valence-electron chi connectivity index (χ2n) is 7.92. The van der Waals surface area contributed by atoms with E-state index >= 15 is 0 Å². The molecule has 5 nitrogen and oxygen atoms in total. The van der Waals surface area contributed by atoms with Crippen molar-refractivity contribution >= 4 is 17.2 Å². The number of thiazole rings is 1. The van der Waals surface area contributed by atoms with Gasteiger partial charge in [0, 0.05) is 42.3 Å². The van der Waals surface area contributed by atoms with Gasteiger partial charge in [-0.05, 0) is 30.5 Å². The van der Waals surface area contributed by atoms with Crippen LogP contribution in [0.25, 0.3) is 10.6 Å². The number of carbonyl (C=O) groups is 1. The van der Waals surface area contributed by atoms with E-state index in [1.807, 2.05) is 52.7 Å². The molecule has 0 saturated carbocycles. The predicted molar refractivity (Wildman–Crippen MR) is 119 cm³/mol. The molecule has 1 aliphatic heterocycles. The minimum atomic E-state index is -0.888. The summed E-state index contributed by atoms with van der Waals surface area (Å²) >= 11 is 1.47. The third-order valence-corrected chi connectivity index (χ3v) is 6.79. The number of hydrogen-bond acceptors (Lipinski definition) is 5. The molecule has 3 aromatic rings. The van der Waals surface area contributed by atoms with Gasteiger partial charge in [-0.25, -0.2) is 4.98 Å². The molecule has 3 heterocycles. The molecule has 2 aromatic heterocycles. The highest BCUT2D eigenvalue weighted by Gasteiger charge is 2.41. The van der Waals surface area contributed by atoms with Gasteiger partial charge in [0.25, 0.3) is 5.91 Å². The smallest absolute Gasteiger partial charge is 0.273 e. The summed E-state index contributed by atoms with van der Waals surface area (Å²) in [5.74, 6) is -0.0391. The van der Waals surface area contributed by atoms with E-state index < -0.39 is 5.60 Å². The van der Waals surface area contributed by atoms with Crippen LogP contribution in [0.2, 0.25) is 0 Å². The molecule has 0 radical (unpaired) electrons. The Balaban J connectivity index is 1.55. The van der Waals surface area contributed by atoms with Crippen molar-refractivity contribution < 1.29 is 9.90 Å². The van der Waals surface area contributed by atoms with Crippen LogP contribution in [0.15, 0.2) is 60.2 Å². The zero-order valence-electron chi connectivity index (χ0n) is 17.2. The topological polar surface area (TPSA) is 66.3 Å². The van der Waals surface area contributed by atoms with Gasteiger partial charge < -0.3 is 10.0 Å². The lowest BCUT2D eigenvalue weighted by atomic mass is 9.79. The molecule has 156 valence electrons. The highest BCUT2D eigenvalue weighted by Crippen LogP contribution is 2.38. The molecule has 0 bridgehead atoms. The van der Waals surface area contributed by atoms with Gasteiger partial charge in [0.2, 0.25) is 0 Å². The number of amides is 1. The molecule has 1 fully saturated rings. The van der Waals surface area contributed by atoms with Crippen molar-refractivity contribution in [1.82, 2.24) is 14.9 Å². The maximum atomic E-state index is 13.3. The van der Waals surface area contributed by atoms with E-state index in [9.17, 15) is 9.90 Å². The van der Waals surface area contributed by atoms with Crippen LogP contribution in [-0.4, -0.2) is 38.5 Å². The van der Waals surface area contributed by atoms with E-state index in [4.69, 9.17) is 0 Å². The fourth-order valence-electron chi connectivity index (χ4n) is 4.21. The Hall–Kier alpha value is -2.57. The Morgan fingerprint density at radius 3 is 2.73 bits per heavy atom. The van der Waals surface area contributed by atoms with Gasteiger partial charge in [0.15, 0.2) is 0 Å². The number of rotatable bonds is 6. The average molecular weight is 422 g/mol. The predicted octanol–water partition coefficient (Wildman–Crippen LogP) is 4.89. The second kappa shape index (κ2) is 9.06. The Bertz CT molecular complexity index is 976. The van der Waals surface area contributed by atoms with E-state index in [0.717, 1.165) is 35.4 Å². The highest BCUT2D eigenvalue weighted by molar-refractivity contribution is 7.13. The van der Waals surface area contributed by atoms with Crippen LogP contribution in [-0.2, 0) is 5.60 Å². The van der Waals surface area contributed by atoms with Crippen LogP contribution in [0.4, 0.5) is 0 Å². The first-order chi connectivity index (χ1) is 14.6. The first kappa shape index (κ1) is 20.7. The van der Waals surface area contributed by atoms with E-state index in [1.54, 1.807) is 12.4 Å². The van der Waals surface area contributed by atoms with Crippen molar-refractivity contribution in [3.63, 3.8) is 0 Å². The number of piperidine rings is 1. The van der Waals surface area contributed by atoms with Gasteiger partial charge in [-0.2, -0.15) is 0 Å². The van der Waals surface area contributed by atoms with Gasteiger partial charge in [-0.15, -0.1) is 11.3 Å². The maximum absolute atomic E-state index is 13.3. The van der Waals surface area contributed by atoms with Crippen molar-refractivity contribution in [2.45, 2.75) is 50.7 Å². The summed E-state index contributed by atoms with van der Waals surface area (Å²) in [5, 5.41) is 14.0. The van der Waals surface area contributed by atoms with Gasteiger partial charge in [-0.3, -0.25) is 9.78 Å². The monoisotopic (exact) mass is 421 g/mol. The SMILES string of the molecule is CCCCC1CC(O)(c2ccccc2)CCN1C(=O)c1csc(-c2ccncc2)n1. The Morgan fingerprint density at radius 2 is 2.00 bits per heavy atom. The van der Waals surface area contributed by atoms with Crippen molar-refractivity contribution in [3.05, 3.63) is 71.5 Å². The molecule has 0 spiro atoms. The fraction of sp³-hybridized carbons (Fsp3) is 0.375. The Labute approximate surface area is 181 Å². The standard InChI is InChI=1S/C24H27N3O2S/c1-2-3-9-20-16-24(29,19-7-5-4-6-8-19)12-15-27(20)23(28)21-17-30-22(26-21)18-10-13-25-14-11-18/h4-8,10-11,13-14,17,20,29H,2-3,9,12,15-16H2,1H3. The van der Waals surface area contributed by atoms with Gasteiger partial charge in [-0.1, -0.05) is 50.1 Å². The zero-order chi connectivity index (χ0) is 21.0. The van der Waals surface area contributed by atoms with Gasteiger partial charge >= 0.3 is 0 Å².